The van der Waals surface area contributed by atoms with E-state index in [4.69, 9.17) is 5.11 Å². The highest BCUT2D eigenvalue weighted by Gasteiger charge is 2.22. The predicted octanol–water partition coefficient (Wildman–Crippen LogP) is 1.87. The Balaban J connectivity index is 1.98. The van der Waals surface area contributed by atoms with Gasteiger partial charge < -0.3 is 15.3 Å². The lowest BCUT2D eigenvalue weighted by Gasteiger charge is -2.19. The fraction of sp³-hybridized carbons (Fsp3) is 0.500. The molecule has 6 nitrogen and oxygen atoms in total. The van der Waals surface area contributed by atoms with Gasteiger partial charge in [0.2, 0.25) is 5.91 Å². The molecule has 2 N–H and O–H groups in total. The van der Waals surface area contributed by atoms with E-state index in [9.17, 15) is 14.4 Å². The first kappa shape index (κ1) is 18.0. The number of nitrogens with zero attached hydrogens (tertiary/aromatic N) is 1. The number of carbonyl (C=O) groups excluding carboxylic acids is 2. The lowest BCUT2D eigenvalue weighted by Crippen LogP contribution is -2.37. The monoisotopic (exact) mass is 332 g/mol. The van der Waals surface area contributed by atoms with Crippen LogP contribution in [0.5, 0.6) is 0 Å². The molecule has 2 rings (SSSR count). The first-order chi connectivity index (χ1) is 11.4. The Morgan fingerprint density at radius 1 is 1.25 bits per heavy atom. The van der Waals surface area contributed by atoms with Gasteiger partial charge in [0.15, 0.2) is 5.78 Å². The summed E-state index contributed by atoms with van der Waals surface area (Å²) in [5, 5.41) is 11.6. The first-order valence-electron chi connectivity index (χ1n) is 8.26. The van der Waals surface area contributed by atoms with E-state index in [0.29, 0.717) is 24.6 Å². The van der Waals surface area contributed by atoms with Gasteiger partial charge in [-0.15, -0.1) is 0 Å². The van der Waals surface area contributed by atoms with E-state index in [2.05, 4.69) is 5.32 Å². The number of anilines is 1. The van der Waals surface area contributed by atoms with E-state index in [0.717, 1.165) is 24.2 Å². The van der Waals surface area contributed by atoms with E-state index < -0.39 is 5.97 Å². The van der Waals surface area contributed by atoms with Crippen LogP contribution in [0.3, 0.4) is 0 Å². The van der Waals surface area contributed by atoms with Gasteiger partial charge in [0.25, 0.3) is 0 Å². The smallest absolute Gasteiger partial charge is 0.303 e. The second kappa shape index (κ2) is 7.95. The van der Waals surface area contributed by atoms with Crippen molar-refractivity contribution >= 4 is 23.3 Å². The lowest BCUT2D eigenvalue weighted by molar-refractivity contribution is -0.137. The molecule has 0 spiro atoms. The molecule has 1 aromatic rings. The van der Waals surface area contributed by atoms with Crippen molar-refractivity contribution < 1.29 is 19.5 Å². The Kier molecular flexibility index (Phi) is 5.95. The Hall–Kier alpha value is -2.37. The maximum atomic E-state index is 12.0. The maximum Gasteiger partial charge on any atom is 0.303 e. The van der Waals surface area contributed by atoms with E-state index in [1.807, 2.05) is 30.9 Å². The van der Waals surface area contributed by atoms with Crippen LogP contribution in [0.15, 0.2) is 18.2 Å². The van der Waals surface area contributed by atoms with Gasteiger partial charge in [-0.25, -0.2) is 0 Å². The number of aliphatic carboxylic acids is 1. The van der Waals surface area contributed by atoms with Crippen LogP contribution in [0, 0.1) is 5.92 Å². The van der Waals surface area contributed by atoms with Crippen molar-refractivity contribution in [2.75, 3.05) is 24.5 Å². The summed E-state index contributed by atoms with van der Waals surface area (Å²) in [5.41, 5.74) is 2.55. The van der Waals surface area contributed by atoms with E-state index >= 15 is 0 Å². The molecule has 0 radical (unpaired) electrons. The molecule has 0 unspecified atom stereocenters. The summed E-state index contributed by atoms with van der Waals surface area (Å²) >= 11 is 0. The molecule has 1 amide bonds. The molecular formula is C18H24N2O4. The zero-order valence-corrected chi connectivity index (χ0v) is 14.2. The molecule has 24 heavy (non-hydrogen) atoms. The summed E-state index contributed by atoms with van der Waals surface area (Å²) in [6, 6.07) is 5.39. The molecule has 1 aromatic carbocycles. The van der Waals surface area contributed by atoms with Crippen molar-refractivity contribution in [2.45, 2.75) is 33.1 Å². The number of ketones is 1. The average molecular weight is 332 g/mol. The number of Topliss-reactive ketones (excluding diaryl/α,β-unsaturated/α-hetero) is 1. The van der Waals surface area contributed by atoms with E-state index in [-0.39, 0.29) is 24.5 Å². The van der Waals surface area contributed by atoms with Crippen molar-refractivity contribution in [1.29, 1.82) is 0 Å². The highest BCUT2D eigenvalue weighted by atomic mass is 16.4. The number of carboxylic acid groups (broad SMARTS) is 1. The highest BCUT2D eigenvalue weighted by Crippen LogP contribution is 2.29. The molecule has 130 valence electrons. The number of hydrogen-bond donors (Lipinski definition) is 2. The third-order valence-corrected chi connectivity index (χ3v) is 4.00. The van der Waals surface area contributed by atoms with Crippen LogP contribution in [-0.2, 0) is 16.0 Å². The molecule has 6 heteroatoms. The van der Waals surface area contributed by atoms with Gasteiger partial charge >= 0.3 is 5.97 Å². The summed E-state index contributed by atoms with van der Waals surface area (Å²) < 4.78 is 0. The van der Waals surface area contributed by atoms with Crippen LogP contribution in [0.4, 0.5) is 5.69 Å². The minimum absolute atomic E-state index is 0.00170. The number of nitrogens with one attached hydrogen (secondary N) is 1. The Morgan fingerprint density at radius 3 is 2.67 bits per heavy atom. The second-order valence-corrected chi connectivity index (χ2v) is 6.53. The molecule has 0 bridgehead atoms. The zero-order chi connectivity index (χ0) is 17.7. The Bertz CT molecular complexity index is 640. The second-order valence-electron chi connectivity index (χ2n) is 6.53. The quantitative estimate of drug-likeness (QED) is 0.710. The molecule has 0 saturated carbocycles. The number of fused-ring (bicyclic) bond motifs is 1. The van der Waals surface area contributed by atoms with Gasteiger partial charge in [-0.3, -0.25) is 14.4 Å². The standard InChI is InChI=1S/C18H24N2O4/c1-12(2)10-19-17(22)11-20-8-7-13-9-14(3-4-15(13)20)16(21)5-6-18(23)24/h3-4,9,12H,5-8,10-11H2,1-2H3,(H,19,22)(H,23,24). The number of carboxylic acids is 1. The molecule has 1 aliphatic heterocycles. The lowest BCUT2D eigenvalue weighted by atomic mass is 10.0. The third-order valence-electron chi connectivity index (χ3n) is 4.00. The summed E-state index contributed by atoms with van der Waals surface area (Å²) in [7, 11) is 0. The number of rotatable bonds is 8. The molecule has 1 heterocycles. The fourth-order valence-corrected chi connectivity index (χ4v) is 2.72. The normalized spacial score (nSPS) is 13.0. The van der Waals surface area contributed by atoms with Crippen LogP contribution < -0.4 is 10.2 Å². The molecule has 1 aliphatic rings. The van der Waals surface area contributed by atoms with Gasteiger partial charge in [-0.1, -0.05) is 13.8 Å². The van der Waals surface area contributed by atoms with Gasteiger partial charge in [0.05, 0.1) is 13.0 Å². The van der Waals surface area contributed by atoms with Crippen LogP contribution in [0.1, 0.15) is 42.6 Å². The van der Waals surface area contributed by atoms with Crippen LogP contribution in [0.25, 0.3) is 0 Å². The Labute approximate surface area is 141 Å². The van der Waals surface area contributed by atoms with Crippen LogP contribution in [0.2, 0.25) is 0 Å². The topological polar surface area (TPSA) is 86.7 Å². The fourth-order valence-electron chi connectivity index (χ4n) is 2.72. The van der Waals surface area contributed by atoms with Crippen molar-refractivity contribution in [3.8, 4) is 0 Å². The average Bonchev–Trinajstić information content (AvgIpc) is 2.92. The molecule has 0 saturated heterocycles. The summed E-state index contributed by atoms with van der Waals surface area (Å²) in [6.07, 6.45) is 0.639. The Morgan fingerprint density at radius 2 is 2.00 bits per heavy atom. The summed E-state index contributed by atoms with van der Waals surface area (Å²) in [5.74, 6) is -0.714. The molecule has 0 atom stereocenters. The van der Waals surface area contributed by atoms with E-state index in [1.54, 1.807) is 6.07 Å². The minimum Gasteiger partial charge on any atom is -0.481 e. The van der Waals surface area contributed by atoms with Gasteiger partial charge in [-0.05, 0) is 36.1 Å². The van der Waals surface area contributed by atoms with Crippen molar-refractivity contribution in [3.63, 3.8) is 0 Å². The van der Waals surface area contributed by atoms with Crippen LogP contribution >= 0.6 is 0 Å². The minimum atomic E-state index is -0.969. The summed E-state index contributed by atoms with van der Waals surface area (Å²) in [4.78, 5) is 36.6. The van der Waals surface area contributed by atoms with Crippen molar-refractivity contribution in [3.05, 3.63) is 29.3 Å². The van der Waals surface area contributed by atoms with E-state index in [1.165, 1.54) is 0 Å². The van der Waals surface area contributed by atoms with Crippen molar-refractivity contribution in [2.24, 2.45) is 5.92 Å². The molecule has 0 aromatic heterocycles. The molecular weight excluding hydrogens is 308 g/mol. The number of carbonyl (C=O) groups is 3. The largest absolute Gasteiger partial charge is 0.481 e. The number of hydrogen-bond acceptors (Lipinski definition) is 4. The molecule has 0 fully saturated rings. The first-order valence-corrected chi connectivity index (χ1v) is 8.26. The highest BCUT2D eigenvalue weighted by molar-refractivity contribution is 5.98. The summed E-state index contributed by atoms with van der Waals surface area (Å²) in [6.45, 7) is 5.82. The number of amides is 1. The zero-order valence-electron chi connectivity index (χ0n) is 14.2. The van der Waals surface area contributed by atoms with Gasteiger partial charge in [-0.2, -0.15) is 0 Å². The van der Waals surface area contributed by atoms with Gasteiger partial charge in [0, 0.05) is 30.8 Å². The SMILES string of the molecule is CC(C)CNC(=O)CN1CCc2cc(C(=O)CCC(=O)O)ccc21. The molecule has 0 aliphatic carbocycles. The number of benzene rings is 1. The third kappa shape index (κ3) is 4.81. The van der Waals surface area contributed by atoms with Gasteiger partial charge in [0.1, 0.15) is 0 Å². The van der Waals surface area contributed by atoms with Crippen LogP contribution in [-0.4, -0.2) is 42.4 Å². The maximum absolute atomic E-state index is 12.0. The van der Waals surface area contributed by atoms with Crippen molar-refractivity contribution in [1.82, 2.24) is 5.32 Å². The predicted molar refractivity (Wildman–Crippen MR) is 91.4 cm³/mol.